The molecule has 0 saturated carbocycles. The molecule has 10 nitrogen and oxygen atoms in total. The van der Waals surface area contributed by atoms with Crippen LogP contribution in [0.2, 0.25) is 0 Å². The van der Waals surface area contributed by atoms with Crippen molar-refractivity contribution in [3.63, 3.8) is 0 Å². The van der Waals surface area contributed by atoms with E-state index in [9.17, 15) is 14.9 Å². The van der Waals surface area contributed by atoms with Gasteiger partial charge in [0.25, 0.3) is 11.8 Å². The molecule has 0 aliphatic carbocycles. The minimum atomic E-state index is -0.423. The van der Waals surface area contributed by atoms with Crippen molar-refractivity contribution in [1.29, 1.82) is 5.26 Å². The number of benzene rings is 1. The Morgan fingerprint density at radius 3 is 2.64 bits per heavy atom. The van der Waals surface area contributed by atoms with E-state index in [0.29, 0.717) is 79.6 Å². The Morgan fingerprint density at radius 1 is 1.13 bits per heavy atom. The van der Waals surface area contributed by atoms with Gasteiger partial charge in [-0.3, -0.25) is 14.6 Å². The summed E-state index contributed by atoms with van der Waals surface area (Å²) in [7, 11) is 1.63. The number of hydrogen-bond donors (Lipinski definition) is 2. The second kappa shape index (κ2) is 11.2. The van der Waals surface area contributed by atoms with Gasteiger partial charge in [0.2, 0.25) is 0 Å². The monoisotopic (exact) mass is 526 g/mol. The van der Waals surface area contributed by atoms with E-state index in [1.165, 1.54) is 6.20 Å². The number of carbonyl (C=O) groups is 2. The number of aryl methyl sites for hydroxylation is 1. The molecule has 2 amide bonds. The van der Waals surface area contributed by atoms with Crippen LogP contribution in [0.3, 0.4) is 0 Å². The van der Waals surface area contributed by atoms with Gasteiger partial charge in [0.1, 0.15) is 5.82 Å². The molecule has 1 spiro atoms. The first kappa shape index (κ1) is 26.3. The summed E-state index contributed by atoms with van der Waals surface area (Å²) in [6.07, 6.45) is 4.38. The van der Waals surface area contributed by atoms with E-state index in [1.54, 1.807) is 43.3 Å². The number of nitrogens with zero attached hydrogens (tertiary/aromatic N) is 4. The average molecular weight is 527 g/mol. The molecular formula is C29H30N6O4. The zero-order chi connectivity index (χ0) is 27.4. The largest absolute Gasteiger partial charge is 0.383 e. The van der Waals surface area contributed by atoms with E-state index in [4.69, 9.17) is 9.47 Å². The molecule has 39 heavy (non-hydrogen) atoms. The van der Waals surface area contributed by atoms with Crippen molar-refractivity contribution in [2.24, 2.45) is 0 Å². The zero-order valence-corrected chi connectivity index (χ0v) is 22.0. The highest BCUT2D eigenvalue weighted by molar-refractivity contribution is 6.05. The highest BCUT2D eigenvalue weighted by atomic mass is 16.5. The highest BCUT2D eigenvalue weighted by Crippen LogP contribution is 2.44. The first-order valence-corrected chi connectivity index (χ1v) is 12.9. The predicted octanol–water partition coefficient (Wildman–Crippen LogP) is 3.63. The van der Waals surface area contributed by atoms with E-state index >= 15 is 0 Å². The van der Waals surface area contributed by atoms with Crippen molar-refractivity contribution in [2.75, 3.05) is 44.0 Å². The van der Waals surface area contributed by atoms with Gasteiger partial charge in [-0.15, -0.1) is 0 Å². The van der Waals surface area contributed by atoms with Crippen LogP contribution in [0.1, 0.15) is 55.9 Å². The Hall–Kier alpha value is -4.33. The third-order valence-electron chi connectivity index (χ3n) is 7.31. The summed E-state index contributed by atoms with van der Waals surface area (Å²) in [5.41, 5.74) is 4.25. The number of pyridine rings is 2. The van der Waals surface area contributed by atoms with Gasteiger partial charge >= 0.3 is 0 Å². The Bertz CT molecular complexity index is 1420. The van der Waals surface area contributed by atoms with Gasteiger partial charge in [-0.05, 0) is 61.2 Å². The minimum absolute atomic E-state index is 0.140. The van der Waals surface area contributed by atoms with Crippen LogP contribution in [0.4, 0.5) is 11.5 Å². The van der Waals surface area contributed by atoms with Crippen LogP contribution < -0.4 is 10.6 Å². The van der Waals surface area contributed by atoms with E-state index in [1.807, 2.05) is 18.2 Å². The first-order chi connectivity index (χ1) is 18.9. The molecule has 200 valence electrons. The van der Waals surface area contributed by atoms with Crippen LogP contribution in [0, 0.1) is 18.3 Å². The SMILES string of the molecule is COCCNc1ccc(C(=O)Nc2cc(C(=O)N3CCC4(CC3)OCc3cc(C#N)ccc34)cnc2C)cn1. The summed E-state index contributed by atoms with van der Waals surface area (Å²) in [4.78, 5) is 36.7. The number of anilines is 2. The molecule has 10 heteroatoms. The molecule has 1 fully saturated rings. The van der Waals surface area contributed by atoms with Crippen LogP contribution in [0.5, 0.6) is 0 Å². The van der Waals surface area contributed by atoms with E-state index in [-0.39, 0.29) is 11.8 Å². The molecule has 2 aliphatic rings. The maximum absolute atomic E-state index is 13.4. The van der Waals surface area contributed by atoms with Crippen LogP contribution in [0.15, 0.2) is 48.8 Å². The van der Waals surface area contributed by atoms with Crippen molar-refractivity contribution in [3.05, 3.63) is 82.3 Å². The molecule has 1 saturated heterocycles. The Labute approximate surface area is 227 Å². The van der Waals surface area contributed by atoms with Gasteiger partial charge in [0, 0.05) is 39.1 Å². The summed E-state index contributed by atoms with van der Waals surface area (Å²) in [5.74, 6) is 0.173. The smallest absolute Gasteiger partial charge is 0.257 e. The van der Waals surface area contributed by atoms with Crippen molar-refractivity contribution >= 4 is 23.3 Å². The fourth-order valence-corrected chi connectivity index (χ4v) is 5.07. The lowest BCUT2D eigenvalue weighted by atomic mass is 9.83. The Balaban J connectivity index is 1.23. The predicted molar refractivity (Wildman–Crippen MR) is 144 cm³/mol. The van der Waals surface area contributed by atoms with Gasteiger partial charge in [0.05, 0.1) is 53.0 Å². The molecule has 2 aliphatic heterocycles. The molecule has 0 bridgehead atoms. The summed E-state index contributed by atoms with van der Waals surface area (Å²) in [6.45, 7) is 4.49. The van der Waals surface area contributed by atoms with Crippen molar-refractivity contribution in [3.8, 4) is 6.07 Å². The van der Waals surface area contributed by atoms with E-state index in [0.717, 1.165) is 11.1 Å². The number of fused-ring (bicyclic) bond motifs is 2. The van der Waals surface area contributed by atoms with Gasteiger partial charge in [-0.2, -0.15) is 5.26 Å². The van der Waals surface area contributed by atoms with Crippen LogP contribution in [0.25, 0.3) is 0 Å². The minimum Gasteiger partial charge on any atom is -0.383 e. The van der Waals surface area contributed by atoms with Gasteiger partial charge in [-0.25, -0.2) is 4.98 Å². The van der Waals surface area contributed by atoms with Gasteiger partial charge in [0.15, 0.2) is 0 Å². The Kier molecular flexibility index (Phi) is 7.54. The van der Waals surface area contributed by atoms with Gasteiger partial charge in [-0.1, -0.05) is 6.07 Å². The number of methoxy groups -OCH3 is 1. The Morgan fingerprint density at radius 2 is 1.92 bits per heavy atom. The highest BCUT2D eigenvalue weighted by Gasteiger charge is 2.43. The maximum Gasteiger partial charge on any atom is 0.257 e. The number of nitrogens with one attached hydrogen (secondary N) is 2. The van der Waals surface area contributed by atoms with Crippen molar-refractivity contribution in [2.45, 2.75) is 32.0 Å². The number of carbonyl (C=O) groups excluding carboxylic acids is 2. The molecule has 2 aromatic heterocycles. The molecule has 2 N–H and O–H groups in total. The number of ether oxygens (including phenoxy) is 2. The maximum atomic E-state index is 13.4. The molecule has 4 heterocycles. The molecule has 0 radical (unpaired) electrons. The van der Waals surface area contributed by atoms with Crippen LogP contribution in [-0.2, 0) is 21.7 Å². The number of hydrogen-bond acceptors (Lipinski definition) is 8. The van der Waals surface area contributed by atoms with E-state index in [2.05, 4.69) is 26.7 Å². The summed E-state index contributed by atoms with van der Waals surface area (Å²) >= 11 is 0. The fraction of sp³-hybridized carbons (Fsp3) is 0.345. The molecular weight excluding hydrogens is 496 g/mol. The molecule has 1 aromatic carbocycles. The number of aromatic nitrogens is 2. The standard InChI is InChI=1S/C29H30N6O4/c1-19-25(34-27(36)21-4-6-26(33-16-21)31-9-12-38-2)14-22(17-32-19)28(37)35-10-7-29(8-11-35)24-5-3-20(15-30)13-23(24)18-39-29/h3-6,13-14,16-17H,7-12,18H2,1-2H3,(H,31,33)(H,34,36). The molecule has 3 aromatic rings. The molecule has 0 atom stereocenters. The number of nitriles is 1. The quantitative estimate of drug-likeness (QED) is 0.447. The summed E-state index contributed by atoms with van der Waals surface area (Å²) in [6, 6.07) is 13.0. The summed E-state index contributed by atoms with van der Waals surface area (Å²) < 4.78 is 11.2. The first-order valence-electron chi connectivity index (χ1n) is 12.9. The topological polar surface area (TPSA) is 129 Å². The van der Waals surface area contributed by atoms with Crippen molar-refractivity contribution in [1.82, 2.24) is 14.9 Å². The van der Waals surface area contributed by atoms with Crippen LogP contribution >= 0.6 is 0 Å². The lowest BCUT2D eigenvalue weighted by molar-refractivity contribution is -0.0741. The fourth-order valence-electron chi connectivity index (χ4n) is 5.07. The zero-order valence-electron chi connectivity index (χ0n) is 22.0. The third kappa shape index (κ3) is 5.46. The van der Waals surface area contributed by atoms with E-state index < -0.39 is 5.60 Å². The summed E-state index contributed by atoms with van der Waals surface area (Å²) in [5, 5.41) is 15.2. The van der Waals surface area contributed by atoms with Gasteiger partial charge < -0.3 is 25.0 Å². The number of rotatable bonds is 7. The van der Waals surface area contributed by atoms with Crippen LogP contribution in [-0.4, -0.2) is 60.0 Å². The number of likely N-dealkylation sites (tertiary alicyclic amines) is 1. The molecule has 0 unspecified atom stereocenters. The second-order valence-corrected chi connectivity index (χ2v) is 9.72. The normalized spacial score (nSPS) is 15.5. The lowest BCUT2D eigenvalue weighted by Gasteiger charge is -2.39. The number of piperidine rings is 1. The lowest BCUT2D eigenvalue weighted by Crippen LogP contribution is -2.45. The average Bonchev–Trinajstić information content (AvgIpc) is 3.31. The number of amides is 2. The second-order valence-electron chi connectivity index (χ2n) is 9.72. The molecule has 5 rings (SSSR count). The third-order valence-corrected chi connectivity index (χ3v) is 7.31. The van der Waals surface area contributed by atoms with Crippen molar-refractivity contribution < 1.29 is 19.1 Å².